The number of hydrogen-bond acceptors (Lipinski definition) is 3. The van der Waals surface area contributed by atoms with Gasteiger partial charge in [-0.25, -0.2) is 0 Å². The summed E-state index contributed by atoms with van der Waals surface area (Å²) in [6.45, 7) is 5.60. The van der Waals surface area contributed by atoms with E-state index in [0.29, 0.717) is 38.3 Å². The van der Waals surface area contributed by atoms with Crippen LogP contribution < -0.4 is 0 Å². The first-order valence-electron chi connectivity index (χ1n) is 10.9. The fourth-order valence-electron chi connectivity index (χ4n) is 4.23. The van der Waals surface area contributed by atoms with Gasteiger partial charge in [-0.15, -0.1) is 6.58 Å². The molecule has 1 aromatic heterocycles. The van der Waals surface area contributed by atoms with Gasteiger partial charge < -0.3 is 9.80 Å². The Bertz CT molecular complexity index is 1080. The molecule has 1 aliphatic heterocycles. The summed E-state index contributed by atoms with van der Waals surface area (Å²) < 4.78 is 0. The number of rotatable bonds is 6. The Labute approximate surface area is 189 Å². The molecule has 0 aliphatic carbocycles. The molecular weight excluding hydrogens is 398 g/mol. The minimum atomic E-state index is -0.338. The van der Waals surface area contributed by atoms with Crippen LogP contribution in [0.4, 0.5) is 0 Å². The summed E-state index contributed by atoms with van der Waals surface area (Å²) in [4.78, 5) is 34.3. The molecule has 0 unspecified atom stereocenters. The van der Waals surface area contributed by atoms with Crippen LogP contribution in [0.1, 0.15) is 16.1 Å². The molecule has 0 saturated carbocycles. The number of aromatic nitrogens is 1. The SMILES string of the molecule is C=CCN1CCN(C(=O)c2ccccn2)C[C@H](Cc2ccccc2-c2ccccc2)C1=O. The van der Waals surface area contributed by atoms with E-state index < -0.39 is 0 Å². The van der Waals surface area contributed by atoms with Crippen LogP contribution in [-0.2, 0) is 11.2 Å². The predicted octanol–water partition coefficient (Wildman–Crippen LogP) is 4.08. The highest BCUT2D eigenvalue weighted by atomic mass is 16.2. The van der Waals surface area contributed by atoms with E-state index in [1.165, 1.54) is 0 Å². The van der Waals surface area contributed by atoms with E-state index in [4.69, 9.17) is 0 Å². The normalized spacial score (nSPS) is 16.5. The number of amides is 2. The number of nitrogens with zero attached hydrogens (tertiary/aromatic N) is 3. The maximum Gasteiger partial charge on any atom is 0.272 e. The van der Waals surface area contributed by atoms with Gasteiger partial charge >= 0.3 is 0 Å². The summed E-state index contributed by atoms with van der Waals surface area (Å²) in [5, 5.41) is 0. The van der Waals surface area contributed by atoms with Crippen molar-refractivity contribution in [2.45, 2.75) is 6.42 Å². The molecule has 3 aromatic rings. The molecule has 5 nitrogen and oxygen atoms in total. The third kappa shape index (κ3) is 4.78. The Morgan fingerprint density at radius 1 is 1.00 bits per heavy atom. The van der Waals surface area contributed by atoms with Crippen LogP contribution in [0.5, 0.6) is 0 Å². The summed E-state index contributed by atoms with van der Waals surface area (Å²) in [6.07, 6.45) is 3.92. The maximum absolute atomic E-state index is 13.4. The van der Waals surface area contributed by atoms with Crippen molar-refractivity contribution in [1.29, 1.82) is 0 Å². The summed E-state index contributed by atoms with van der Waals surface area (Å²) in [7, 11) is 0. The van der Waals surface area contributed by atoms with Gasteiger partial charge in [-0.2, -0.15) is 0 Å². The molecule has 2 amide bonds. The van der Waals surface area contributed by atoms with Gasteiger partial charge in [0, 0.05) is 32.4 Å². The van der Waals surface area contributed by atoms with Crippen LogP contribution >= 0.6 is 0 Å². The number of benzene rings is 2. The van der Waals surface area contributed by atoms with Crippen molar-refractivity contribution in [1.82, 2.24) is 14.8 Å². The van der Waals surface area contributed by atoms with Crippen molar-refractivity contribution in [2.75, 3.05) is 26.2 Å². The minimum absolute atomic E-state index is 0.0593. The highest BCUT2D eigenvalue weighted by Crippen LogP contribution is 2.27. The van der Waals surface area contributed by atoms with E-state index in [1.54, 1.807) is 40.3 Å². The molecule has 1 fully saturated rings. The monoisotopic (exact) mass is 425 g/mol. The number of hydrogen-bond donors (Lipinski definition) is 0. The second-order valence-electron chi connectivity index (χ2n) is 7.96. The Balaban J connectivity index is 1.64. The topological polar surface area (TPSA) is 53.5 Å². The first-order valence-corrected chi connectivity index (χ1v) is 10.9. The summed E-state index contributed by atoms with van der Waals surface area (Å²) >= 11 is 0. The number of carbonyl (C=O) groups excluding carboxylic acids is 2. The zero-order chi connectivity index (χ0) is 22.3. The third-order valence-corrected chi connectivity index (χ3v) is 5.83. The van der Waals surface area contributed by atoms with Gasteiger partial charge in [0.1, 0.15) is 5.69 Å². The Morgan fingerprint density at radius 2 is 1.75 bits per heavy atom. The van der Waals surface area contributed by atoms with Crippen molar-refractivity contribution < 1.29 is 9.59 Å². The Hall–Kier alpha value is -3.73. The van der Waals surface area contributed by atoms with Gasteiger partial charge in [-0.05, 0) is 35.2 Å². The second-order valence-corrected chi connectivity index (χ2v) is 7.96. The van der Waals surface area contributed by atoms with E-state index >= 15 is 0 Å². The molecule has 2 heterocycles. The summed E-state index contributed by atoms with van der Waals surface area (Å²) in [6, 6.07) is 23.7. The number of carbonyl (C=O) groups is 2. The Morgan fingerprint density at radius 3 is 2.50 bits per heavy atom. The number of pyridine rings is 1. The zero-order valence-electron chi connectivity index (χ0n) is 18.1. The first kappa shape index (κ1) is 21.5. The minimum Gasteiger partial charge on any atom is -0.337 e. The summed E-state index contributed by atoms with van der Waals surface area (Å²) in [5.41, 5.74) is 3.74. The van der Waals surface area contributed by atoms with Gasteiger partial charge in [0.25, 0.3) is 5.91 Å². The second kappa shape index (κ2) is 10.1. The van der Waals surface area contributed by atoms with Crippen LogP contribution in [0.15, 0.2) is 91.6 Å². The largest absolute Gasteiger partial charge is 0.337 e. The van der Waals surface area contributed by atoms with Crippen LogP contribution in [0.25, 0.3) is 11.1 Å². The maximum atomic E-state index is 13.4. The van der Waals surface area contributed by atoms with Gasteiger partial charge in [0.2, 0.25) is 5.91 Å². The van der Waals surface area contributed by atoms with Gasteiger partial charge in [-0.3, -0.25) is 14.6 Å². The smallest absolute Gasteiger partial charge is 0.272 e. The van der Waals surface area contributed by atoms with E-state index in [9.17, 15) is 9.59 Å². The predicted molar refractivity (Wildman–Crippen MR) is 126 cm³/mol. The fraction of sp³-hybridized carbons (Fsp3) is 0.222. The lowest BCUT2D eigenvalue weighted by Crippen LogP contribution is -2.38. The van der Waals surface area contributed by atoms with Crippen LogP contribution in [0.2, 0.25) is 0 Å². The van der Waals surface area contributed by atoms with Gasteiger partial charge in [0.05, 0.1) is 5.92 Å². The molecule has 162 valence electrons. The van der Waals surface area contributed by atoms with Crippen LogP contribution in [0, 0.1) is 5.92 Å². The van der Waals surface area contributed by atoms with Crippen molar-refractivity contribution in [3.8, 4) is 11.1 Å². The molecule has 0 spiro atoms. The van der Waals surface area contributed by atoms with Crippen LogP contribution in [-0.4, -0.2) is 52.8 Å². The first-order chi connectivity index (χ1) is 15.7. The molecule has 5 heteroatoms. The van der Waals surface area contributed by atoms with Gasteiger partial charge in [-0.1, -0.05) is 66.7 Å². The Kier molecular flexibility index (Phi) is 6.75. The zero-order valence-corrected chi connectivity index (χ0v) is 18.1. The molecule has 32 heavy (non-hydrogen) atoms. The molecule has 0 N–H and O–H groups in total. The van der Waals surface area contributed by atoms with Crippen molar-refractivity contribution in [2.24, 2.45) is 5.92 Å². The van der Waals surface area contributed by atoms with Gasteiger partial charge in [0.15, 0.2) is 0 Å². The fourth-order valence-corrected chi connectivity index (χ4v) is 4.23. The average Bonchev–Trinajstić information content (AvgIpc) is 3.00. The summed E-state index contributed by atoms with van der Waals surface area (Å²) in [5.74, 6) is -0.417. The molecule has 1 saturated heterocycles. The average molecular weight is 426 g/mol. The van der Waals surface area contributed by atoms with E-state index in [0.717, 1.165) is 16.7 Å². The molecule has 4 rings (SSSR count). The van der Waals surface area contributed by atoms with Crippen molar-refractivity contribution in [3.63, 3.8) is 0 Å². The lowest BCUT2D eigenvalue weighted by molar-refractivity contribution is -0.134. The molecule has 1 atom stereocenters. The molecule has 2 aromatic carbocycles. The molecule has 0 bridgehead atoms. The van der Waals surface area contributed by atoms with Crippen LogP contribution in [0.3, 0.4) is 0 Å². The van der Waals surface area contributed by atoms with E-state index in [1.807, 2.05) is 30.3 Å². The van der Waals surface area contributed by atoms with E-state index in [-0.39, 0.29) is 17.7 Å². The standard InChI is InChI=1S/C27H27N3O2/c1-2-16-29-17-18-30(27(32)25-14-8-9-15-28-25)20-23(26(29)31)19-22-12-6-7-13-24(22)21-10-4-3-5-11-21/h2-15,23H,1,16-20H2/t23-/m0/s1. The molecule has 0 radical (unpaired) electrons. The van der Waals surface area contributed by atoms with E-state index in [2.05, 4.69) is 35.8 Å². The molecule has 1 aliphatic rings. The third-order valence-electron chi connectivity index (χ3n) is 5.83. The highest BCUT2D eigenvalue weighted by molar-refractivity contribution is 5.93. The van der Waals surface area contributed by atoms with Crippen molar-refractivity contribution in [3.05, 3.63) is 103 Å². The molecular formula is C27H27N3O2. The lowest BCUT2D eigenvalue weighted by Gasteiger charge is -2.24. The highest BCUT2D eigenvalue weighted by Gasteiger charge is 2.33. The lowest BCUT2D eigenvalue weighted by atomic mass is 9.91. The van der Waals surface area contributed by atoms with Crippen molar-refractivity contribution >= 4 is 11.8 Å². The quantitative estimate of drug-likeness (QED) is 0.559.